The van der Waals surface area contributed by atoms with E-state index < -0.39 is 35.2 Å². The van der Waals surface area contributed by atoms with Crippen LogP contribution in [0.1, 0.15) is 120 Å². The SMILES string of the molecule is CC(C)(C)OC(=O)C[C@@H](C(=O)N1CCC[C@H]1c1nc(-c2ccc(-c3ccc(-c4cnc([C@@H]5CCCN5C(=O)[C@H](NC(=O)OC(C)(C)C)c5ccccc5)[nH]4)cc3)cc2)cs1)c1ccccc1. The minimum Gasteiger partial charge on any atom is -0.460 e. The Balaban J connectivity index is 0.922. The van der Waals surface area contributed by atoms with Crippen molar-refractivity contribution < 1.29 is 28.7 Å². The van der Waals surface area contributed by atoms with E-state index in [-0.39, 0.29) is 30.3 Å². The maximum absolute atomic E-state index is 14.3. The van der Waals surface area contributed by atoms with Gasteiger partial charge in [-0.05, 0) is 95.0 Å². The number of likely N-dealkylation sites (tertiary alicyclic amines) is 2. The number of thiazole rings is 1. The number of rotatable bonds is 12. The maximum Gasteiger partial charge on any atom is 0.408 e. The number of ether oxygens (including phenoxy) is 2. The van der Waals surface area contributed by atoms with Gasteiger partial charge in [0.05, 0.1) is 42.0 Å². The van der Waals surface area contributed by atoms with Gasteiger partial charge in [-0.3, -0.25) is 14.4 Å². The fourth-order valence-corrected chi connectivity index (χ4v) is 9.79. The molecule has 2 fully saturated rings. The predicted molar refractivity (Wildman–Crippen MR) is 256 cm³/mol. The van der Waals surface area contributed by atoms with E-state index in [9.17, 15) is 19.2 Å². The molecule has 2 aliphatic heterocycles. The quantitative estimate of drug-likeness (QED) is 0.115. The average molecular weight is 907 g/mol. The van der Waals surface area contributed by atoms with Crippen LogP contribution in [0.25, 0.3) is 33.6 Å². The van der Waals surface area contributed by atoms with Gasteiger partial charge in [-0.2, -0.15) is 0 Å². The zero-order valence-electron chi connectivity index (χ0n) is 38.5. The number of hydrogen-bond acceptors (Lipinski definition) is 9. The third-order valence-corrected chi connectivity index (χ3v) is 12.8. The topological polar surface area (TPSA) is 147 Å². The molecule has 2 N–H and O–H groups in total. The van der Waals surface area contributed by atoms with E-state index in [4.69, 9.17) is 19.4 Å². The Morgan fingerprint density at radius 2 is 1.24 bits per heavy atom. The first-order chi connectivity index (χ1) is 31.6. The Bertz CT molecular complexity index is 2450. The largest absolute Gasteiger partial charge is 0.460 e. The van der Waals surface area contributed by atoms with Crippen LogP contribution in [0.5, 0.6) is 0 Å². The highest BCUT2D eigenvalue weighted by molar-refractivity contribution is 7.10. The summed E-state index contributed by atoms with van der Waals surface area (Å²) in [7, 11) is 0. The lowest BCUT2D eigenvalue weighted by atomic mass is 9.93. The van der Waals surface area contributed by atoms with Crippen molar-refractivity contribution in [3.05, 3.63) is 143 Å². The molecule has 0 bridgehead atoms. The number of carbonyl (C=O) groups excluding carboxylic acids is 4. The van der Waals surface area contributed by atoms with Crippen molar-refractivity contribution in [3.63, 3.8) is 0 Å². The smallest absolute Gasteiger partial charge is 0.408 e. The highest BCUT2D eigenvalue weighted by atomic mass is 32.1. The van der Waals surface area contributed by atoms with Gasteiger partial charge in [-0.25, -0.2) is 14.8 Å². The van der Waals surface area contributed by atoms with Crippen molar-refractivity contribution in [1.29, 1.82) is 0 Å². The number of hydrogen-bond donors (Lipinski definition) is 2. The lowest BCUT2D eigenvalue weighted by molar-refractivity contribution is -0.157. The number of alkyl carbamates (subject to hydrolysis) is 1. The molecule has 342 valence electrons. The van der Waals surface area contributed by atoms with Crippen LogP contribution >= 0.6 is 11.3 Å². The van der Waals surface area contributed by atoms with E-state index in [1.807, 2.05) is 92.5 Å². The minimum absolute atomic E-state index is 0.0243. The van der Waals surface area contributed by atoms with Crippen molar-refractivity contribution in [1.82, 2.24) is 30.1 Å². The fourth-order valence-electron chi connectivity index (χ4n) is 8.81. The van der Waals surface area contributed by atoms with Crippen LogP contribution in [0, 0.1) is 0 Å². The van der Waals surface area contributed by atoms with Crippen molar-refractivity contribution in [2.75, 3.05) is 13.1 Å². The first-order valence-electron chi connectivity index (χ1n) is 22.7. The summed E-state index contributed by atoms with van der Waals surface area (Å²) in [4.78, 5) is 71.3. The molecule has 0 unspecified atom stereocenters. The van der Waals surface area contributed by atoms with E-state index in [0.717, 1.165) is 69.9 Å². The first-order valence-corrected chi connectivity index (χ1v) is 23.6. The van der Waals surface area contributed by atoms with Crippen LogP contribution < -0.4 is 5.32 Å². The number of aromatic amines is 1. The fraction of sp³-hybridized carbons (Fsp3) is 0.358. The number of nitrogens with zero attached hydrogens (tertiary/aromatic N) is 4. The van der Waals surface area contributed by atoms with Gasteiger partial charge < -0.3 is 29.6 Å². The van der Waals surface area contributed by atoms with Gasteiger partial charge in [0, 0.05) is 24.0 Å². The second kappa shape index (κ2) is 19.5. The molecule has 2 aromatic heterocycles. The van der Waals surface area contributed by atoms with E-state index in [1.165, 1.54) is 0 Å². The zero-order valence-corrected chi connectivity index (χ0v) is 39.3. The van der Waals surface area contributed by atoms with Gasteiger partial charge in [-0.15, -0.1) is 11.3 Å². The van der Waals surface area contributed by atoms with Crippen molar-refractivity contribution in [2.24, 2.45) is 0 Å². The number of carbonyl (C=O) groups is 4. The lowest BCUT2D eigenvalue weighted by Crippen LogP contribution is -2.44. The number of imidazole rings is 1. The number of H-pyrrole nitrogens is 1. The molecule has 0 aliphatic carbocycles. The standard InChI is InChI=1S/C53H58N6O6S/c1-52(2,3)64-45(60)31-40(36-15-9-7-10-16-36)49(61)59-30-14-20-44(59)48-56-42(33-66-48)38-27-23-35(24-28-38)34-21-25-37(26-22-34)41-32-54-47(55-41)43-19-13-29-58(43)50(62)46(39-17-11-8-12-18-39)57-51(63)65-53(4,5)6/h7-12,15-18,21-28,32-33,40,43-44,46H,13-14,19-20,29-31H2,1-6H3,(H,54,55)(H,57,63)/t40-,43+,44+,46-/m1/s1. The second-order valence-electron chi connectivity index (χ2n) is 19.0. The summed E-state index contributed by atoms with van der Waals surface area (Å²) in [6.07, 6.45) is 4.36. The molecule has 4 aromatic carbocycles. The molecule has 0 spiro atoms. The summed E-state index contributed by atoms with van der Waals surface area (Å²) in [6, 6.07) is 34.0. The van der Waals surface area contributed by atoms with Gasteiger partial charge in [0.1, 0.15) is 28.1 Å². The number of esters is 1. The van der Waals surface area contributed by atoms with Crippen LogP contribution in [-0.4, -0.2) is 72.9 Å². The minimum atomic E-state index is -0.907. The van der Waals surface area contributed by atoms with Gasteiger partial charge in [0.25, 0.3) is 5.91 Å². The molecule has 66 heavy (non-hydrogen) atoms. The third-order valence-electron chi connectivity index (χ3n) is 11.8. The first kappa shape index (κ1) is 45.9. The van der Waals surface area contributed by atoms with Crippen LogP contribution in [-0.2, 0) is 23.9 Å². The summed E-state index contributed by atoms with van der Waals surface area (Å²) in [5.74, 6) is -0.625. The monoisotopic (exact) mass is 906 g/mol. The maximum atomic E-state index is 14.3. The number of nitrogens with one attached hydrogen (secondary N) is 2. The van der Waals surface area contributed by atoms with E-state index in [1.54, 1.807) is 37.0 Å². The Morgan fingerprint density at radius 3 is 1.85 bits per heavy atom. The molecule has 4 heterocycles. The summed E-state index contributed by atoms with van der Waals surface area (Å²) in [5, 5.41) is 5.77. The Hall–Kier alpha value is -6.60. The van der Waals surface area contributed by atoms with Crippen molar-refractivity contribution >= 4 is 35.2 Å². The molecule has 13 heteroatoms. The molecule has 3 amide bonds. The van der Waals surface area contributed by atoms with Crippen molar-refractivity contribution in [3.8, 4) is 33.6 Å². The molecular weight excluding hydrogens is 849 g/mol. The summed E-state index contributed by atoms with van der Waals surface area (Å²) in [5.41, 5.74) is 5.90. The van der Waals surface area contributed by atoms with Gasteiger partial charge in [0.15, 0.2) is 0 Å². The van der Waals surface area contributed by atoms with Crippen LogP contribution in [0.15, 0.2) is 121 Å². The van der Waals surface area contributed by atoms with Gasteiger partial charge in [0.2, 0.25) is 5.91 Å². The highest BCUT2D eigenvalue weighted by Crippen LogP contribution is 2.39. The second-order valence-corrected chi connectivity index (χ2v) is 19.9. The molecule has 4 atom stereocenters. The van der Waals surface area contributed by atoms with Gasteiger partial charge in [-0.1, -0.05) is 109 Å². The van der Waals surface area contributed by atoms with Crippen LogP contribution in [0.4, 0.5) is 4.79 Å². The lowest BCUT2D eigenvalue weighted by Gasteiger charge is -2.29. The number of benzene rings is 4. The van der Waals surface area contributed by atoms with Crippen LogP contribution in [0.3, 0.4) is 0 Å². The predicted octanol–water partition coefficient (Wildman–Crippen LogP) is 11.0. The molecule has 0 saturated carbocycles. The van der Waals surface area contributed by atoms with E-state index in [0.29, 0.717) is 24.5 Å². The molecule has 2 saturated heterocycles. The highest BCUT2D eigenvalue weighted by Gasteiger charge is 2.39. The molecule has 6 aromatic rings. The molecular formula is C53H58N6O6S. The molecule has 8 rings (SSSR count). The number of aromatic nitrogens is 3. The summed E-state index contributed by atoms with van der Waals surface area (Å²) in [6.45, 7) is 12.0. The molecule has 2 aliphatic rings. The van der Waals surface area contributed by atoms with Crippen LogP contribution in [0.2, 0.25) is 0 Å². The Kier molecular flexibility index (Phi) is 13.6. The zero-order chi connectivity index (χ0) is 46.6. The Morgan fingerprint density at radius 1 is 0.697 bits per heavy atom. The van der Waals surface area contributed by atoms with E-state index >= 15 is 0 Å². The third kappa shape index (κ3) is 10.9. The van der Waals surface area contributed by atoms with Crippen molar-refractivity contribution in [2.45, 2.75) is 109 Å². The average Bonchev–Trinajstić information content (AvgIpc) is 4.14. The molecule has 0 radical (unpaired) electrons. The summed E-state index contributed by atoms with van der Waals surface area (Å²) < 4.78 is 11.2. The normalized spacial score (nSPS) is 17.3. The Labute approximate surface area is 390 Å². The van der Waals surface area contributed by atoms with Gasteiger partial charge >= 0.3 is 12.1 Å². The number of amides is 3. The summed E-state index contributed by atoms with van der Waals surface area (Å²) >= 11 is 1.56. The van der Waals surface area contributed by atoms with E-state index in [2.05, 4.69) is 64.2 Å². The molecule has 12 nitrogen and oxygen atoms in total.